The van der Waals surface area contributed by atoms with Crippen molar-refractivity contribution < 1.29 is 18.9 Å². The largest absolute Gasteiger partial charge is 0.381 e. The molecule has 362 valence electrons. The minimum atomic E-state index is -0.940. The van der Waals surface area contributed by atoms with Crippen molar-refractivity contribution in [2.75, 3.05) is 38.8 Å². The number of hydrogen-bond donors (Lipinski definition) is 1. The summed E-state index contributed by atoms with van der Waals surface area (Å²) in [5, 5.41) is 0. The van der Waals surface area contributed by atoms with E-state index in [0.29, 0.717) is 0 Å². The van der Waals surface area contributed by atoms with E-state index in [0.717, 1.165) is 83.7 Å². The lowest BCUT2D eigenvalue weighted by Gasteiger charge is -2.40. The first-order valence-electron chi connectivity index (χ1n) is 27.8. The van der Waals surface area contributed by atoms with Crippen molar-refractivity contribution in [2.24, 2.45) is 5.92 Å². The molecule has 0 N–H and O–H groups in total. The fourth-order valence-electron chi connectivity index (χ4n) is 8.79. The highest BCUT2D eigenvalue weighted by Gasteiger charge is 2.42. The second-order valence-electron chi connectivity index (χ2n) is 18.8. The summed E-state index contributed by atoms with van der Waals surface area (Å²) in [7, 11) is 0. The molecule has 0 aromatic rings. The van der Waals surface area contributed by atoms with Gasteiger partial charge in [-0.25, -0.2) is 0 Å². The summed E-state index contributed by atoms with van der Waals surface area (Å²) in [6.07, 6.45) is 56.4. The third-order valence-corrected chi connectivity index (χ3v) is 13.2. The summed E-state index contributed by atoms with van der Waals surface area (Å²) in [6, 6.07) is 0. The van der Waals surface area contributed by atoms with Crippen LogP contribution < -0.4 is 0 Å². The van der Waals surface area contributed by atoms with Crippen molar-refractivity contribution in [3.8, 4) is 0 Å². The van der Waals surface area contributed by atoms with Gasteiger partial charge in [-0.05, 0) is 50.7 Å². The van der Waals surface area contributed by atoms with Gasteiger partial charge in [0.25, 0.3) is 5.97 Å². The van der Waals surface area contributed by atoms with E-state index in [9.17, 15) is 0 Å². The lowest BCUT2D eigenvalue weighted by molar-refractivity contribution is -0.407. The molecule has 0 aliphatic carbocycles. The Balaban J connectivity index is 5.60. The molecule has 0 rings (SSSR count). The zero-order valence-corrected chi connectivity index (χ0v) is 42.7. The van der Waals surface area contributed by atoms with Gasteiger partial charge in [-0.15, -0.1) is 0 Å². The minimum absolute atomic E-state index is 0.227. The van der Waals surface area contributed by atoms with Gasteiger partial charge in [0.2, 0.25) is 0 Å². The van der Waals surface area contributed by atoms with E-state index in [1.165, 1.54) is 231 Å². The topological polar surface area (TPSA) is 36.9 Å². The Morgan fingerprint density at radius 1 is 0.283 bits per heavy atom. The van der Waals surface area contributed by atoms with Gasteiger partial charge in [-0.3, -0.25) is 0 Å². The van der Waals surface area contributed by atoms with Crippen LogP contribution in [-0.4, -0.2) is 44.8 Å². The van der Waals surface area contributed by atoms with E-state index in [2.05, 4.69) is 40.3 Å². The van der Waals surface area contributed by atoms with Crippen LogP contribution in [0.15, 0.2) is 0 Å². The molecule has 0 saturated heterocycles. The molecular weight excluding hydrogens is 757 g/mol. The van der Waals surface area contributed by atoms with Gasteiger partial charge in [0.05, 0.1) is 19.8 Å². The summed E-state index contributed by atoms with van der Waals surface area (Å²) in [5.41, 5.74) is 0. The lowest BCUT2D eigenvalue weighted by atomic mass is 9.92. The van der Waals surface area contributed by atoms with Crippen molar-refractivity contribution in [1.29, 1.82) is 0 Å². The molecule has 1 unspecified atom stereocenters. The predicted molar refractivity (Wildman–Crippen MR) is 270 cm³/mol. The molecule has 0 amide bonds. The van der Waals surface area contributed by atoms with Crippen LogP contribution in [0, 0.1) is 5.92 Å². The molecule has 0 saturated carbocycles. The monoisotopic (exact) mass is 869 g/mol. The summed E-state index contributed by atoms with van der Waals surface area (Å²) in [6.45, 7) is 13.0. The van der Waals surface area contributed by atoms with Gasteiger partial charge in [0.15, 0.2) is 0 Å². The van der Waals surface area contributed by atoms with E-state index in [1.54, 1.807) is 0 Å². The quantitative estimate of drug-likeness (QED) is 0.0375. The second kappa shape index (κ2) is 51.8. The van der Waals surface area contributed by atoms with Crippen LogP contribution in [0.4, 0.5) is 0 Å². The molecule has 0 spiro atoms. The highest BCUT2D eigenvalue weighted by molar-refractivity contribution is 7.80. The van der Waals surface area contributed by atoms with Crippen LogP contribution in [0.2, 0.25) is 0 Å². The standard InChI is InChI=1S/C55H112O4S/c1-5-9-13-17-21-24-27-30-33-37-41-50-57-55(58-51-42-38-34-31-28-25-22-18-14-10-6-2,59-52-43-39-35-32-29-26-23-19-15-11-7-3)54(46-40-36-20-16-12-8-4)47-44-48-56-49-45-53-60/h54,60H,5-53H2,1-4H3. The Morgan fingerprint density at radius 3 is 0.833 bits per heavy atom. The number of rotatable bonds is 54. The first-order valence-corrected chi connectivity index (χ1v) is 28.4. The Labute approximate surface area is 384 Å². The van der Waals surface area contributed by atoms with E-state index < -0.39 is 5.97 Å². The van der Waals surface area contributed by atoms with Crippen molar-refractivity contribution in [1.82, 2.24) is 0 Å². The molecule has 0 aromatic heterocycles. The highest BCUT2D eigenvalue weighted by Crippen LogP contribution is 2.35. The van der Waals surface area contributed by atoms with Crippen LogP contribution in [-0.2, 0) is 18.9 Å². The van der Waals surface area contributed by atoms with Gasteiger partial charge in [0.1, 0.15) is 0 Å². The third kappa shape index (κ3) is 42.2. The van der Waals surface area contributed by atoms with Gasteiger partial charge in [-0.2, -0.15) is 12.6 Å². The zero-order chi connectivity index (χ0) is 43.6. The normalized spacial score (nSPS) is 12.6. The van der Waals surface area contributed by atoms with Gasteiger partial charge in [0, 0.05) is 19.1 Å². The molecule has 4 nitrogen and oxygen atoms in total. The van der Waals surface area contributed by atoms with Gasteiger partial charge >= 0.3 is 0 Å². The van der Waals surface area contributed by atoms with Gasteiger partial charge in [-0.1, -0.05) is 259 Å². The van der Waals surface area contributed by atoms with E-state index in [1.807, 2.05) is 0 Å². The molecule has 0 aromatic carbocycles. The molecule has 0 heterocycles. The molecule has 5 heteroatoms. The molecular formula is C55H112O4S. The molecule has 1 atom stereocenters. The third-order valence-electron chi connectivity index (χ3n) is 12.8. The predicted octanol–water partition coefficient (Wildman–Crippen LogP) is 19.1. The van der Waals surface area contributed by atoms with E-state index in [4.69, 9.17) is 18.9 Å². The molecule has 0 fully saturated rings. The average molecular weight is 870 g/mol. The number of ether oxygens (including phenoxy) is 4. The summed E-state index contributed by atoms with van der Waals surface area (Å²) < 4.78 is 27.3. The fourth-order valence-corrected chi connectivity index (χ4v) is 8.92. The summed E-state index contributed by atoms with van der Waals surface area (Å²) in [5.74, 6) is 0.172. The molecule has 0 aliphatic rings. The zero-order valence-electron chi connectivity index (χ0n) is 41.8. The fraction of sp³-hybridized carbons (Fsp3) is 1.00. The minimum Gasteiger partial charge on any atom is -0.381 e. The van der Waals surface area contributed by atoms with Crippen molar-refractivity contribution in [3.05, 3.63) is 0 Å². The molecule has 0 bridgehead atoms. The van der Waals surface area contributed by atoms with Crippen LogP contribution in [0.3, 0.4) is 0 Å². The first-order chi connectivity index (χ1) is 29.7. The maximum atomic E-state index is 7.07. The number of thiol groups is 1. The van der Waals surface area contributed by atoms with Gasteiger partial charge < -0.3 is 18.9 Å². The second-order valence-corrected chi connectivity index (χ2v) is 19.3. The average Bonchev–Trinajstić information content (AvgIpc) is 3.26. The maximum absolute atomic E-state index is 7.07. The summed E-state index contributed by atoms with van der Waals surface area (Å²) >= 11 is 4.40. The smallest absolute Gasteiger partial charge is 0.285 e. The molecule has 0 aliphatic heterocycles. The molecule has 60 heavy (non-hydrogen) atoms. The van der Waals surface area contributed by atoms with Crippen molar-refractivity contribution in [2.45, 2.75) is 310 Å². The van der Waals surface area contributed by atoms with Crippen LogP contribution in [0.25, 0.3) is 0 Å². The van der Waals surface area contributed by atoms with Crippen molar-refractivity contribution >= 4 is 12.6 Å². The molecule has 0 radical (unpaired) electrons. The summed E-state index contributed by atoms with van der Waals surface area (Å²) in [4.78, 5) is 0. The van der Waals surface area contributed by atoms with Crippen LogP contribution in [0.1, 0.15) is 304 Å². The lowest BCUT2D eigenvalue weighted by Crippen LogP contribution is -2.47. The first kappa shape index (κ1) is 60.2. The Bertz CT molecular complexity index is 679. The highest BCUT2D eigenvalue weighted by atomic mass is 32.1. The SMILES string of the molecule is CCCCCCCCCCCCCOC(OCCCCCCCCCCCCC)(OCCCCCCCCCCCCC)C(CCCCCCCC)CCCOCCCS. The van der Waals surface area contributed by atoms with Crippen LogP contribution in [0.5, 0.6) is 0 Å². The van der Waals surface area contributed by atoms with Crippen molar-refractivity contribution in [3.63, 3.8) is 0 Å². The van der Waals surface area contributed by atoms with E-state index >= 15 is 0 Å². The Morgan fingerprint density at radius 2 is 0.533 bits per heavy atom. The number of hydrogen-bond acceptors (Lipinski definition) is 5. The van der Waals surface area contributed by atoms with Crippen LogP contribution >= 0.6 is 12.6 Å². The number of unbranched alkanes of at least 4 members (excludes halogenated alkanes) is 35. The van der Waals surface area contributed by atoms with E-state index in [-0.39, 0.29) is 5.92 Å². The maximum Gasteiger partial charge on any atom is 0.285 e. The Hall–Kier alpha value is 0.190. The Kier molecular flexibility index (Phi) is 52.0.